The molecule has 1 atom stereocenters. The van der Waals surface area contributed by atoms with Gasteiger partial charge in [0, 0.05) is 5.69 Å². The molecule has 0 amide bonds. The van der Waals surface area contributed by atoms with Crippen LogP contribution in [0.4, 0.5) is 5.69 Å². The average Bonchev–Trinajstić information content (AvgIpc) is 2.38. The molecule has 0 saturated heterocycles. The standard InChI is InChI=1S/C13H13NO3S/c1-17-13(15)12-7-4-10(8-18(12)16)9-2-5-11(14)6-3-9/h2-8,16H,14H2,1H3. The molecule has 0 saturated carbocycles. The van der Waals surface area contributed by atoms with E-state index in [1.165, 1.54) is 7.11 Å². The summed E-state index contributed by atoms with van der Waals surface area (Å²) in [6.45, 7) is 0. The Labute approximate surface area is 108 Å². The molecule has 4 nitrogen and oxygen atoms in total. The lowest BCUT2D eigenvalue weighted by Gasteiger charge is -2.11. The van der Waals surface area contributed by atoms with E-state index in [2.05, 4.69) is 4.74 Å². The van der Waals surface area contributed by atoms with Crippen molar-refractivity contribution in [2.45, 2.75) is 0 Å². The van der Waals surface area contributed by atoms with Gasteiger partial charge in [-0.15, -0.1) is 0 Å². The number of nitrogens with two attached hydrogens (primary N) is 1. The summed E-state index contributed by atoms with van der Waals surface area (Å²) >= 11 is 0. The SMILES string of the molecule is COC(=O)C1=S(O)C=C(c2ccc(N)cc2)C=C1. The third-order valence-corrected chi connectivity index (χ3v) is 3.74. The van der Waals surface area contributed by atoms with Gasteiger partial charge in [-0.1, -0.05) is 18.2 Å². The topological polar surface area (TPSA) is 72.5 Å². The van der Waals surface area contributed by atoms with E-state index in [0.29, 0.717) is 5.69 Å². The number of hydrogen-bond donors (Lipinski definition) is 2. The highest BCUT2D eigenvalue weighted by atomic mass is 32.2. The van der Waals surface area contributed by atoms with Gasteiger partial charge in [0.25, 0.3) is 0 Å². The third kappa shape index (κ3) is 2.52. The number of anilines is 1. The zero-order valence-corrected chi connectivity index (χ0v) is 10.6. The van der Waals surface area contributed by atoms with E-state index in [-0.39, 0.29) is 4.86 Å². The van der Waals surface area contributed by atoms with Crippen LogP contribution in [0.25, 0.3) is 5.57 Å². The summed E-state index contributed by atoms with van der Waals surface area (Å²) in [6, 6.07) is 7.32. The molecule has 0 fully saturated rings. The maximum absolute atomic E-state index is 11.4. The number of benzene rings is 1. The van der Waals surface area contributed by atoms with Crippen LogP contribution >= 0.6 is 10.8 Å². The maximum atomic E-state index is 11.4. The van der Waals surface area contributed by atoms with Crippen molar-refractivity contribution in [2.24, 2.45) is 0 Å². The first-order valence-corrected chi connectivity index (χ1v) is 6.49. The number of methoxy groups -OCH3 is 1. The third-order valence-electron chi connectivity index (χ3n) is 2.51. The molecule has 0 spiro atoms. The lowest BCUT2D eigenvalue weighted by atomic mass is 10.1. The molecule has 0 bridgehead atoms. The van der Waals surface area contributed by atoms with Crippen LogP contribution in [0, 0.1) is 0 Å². The minimum atomic E-state index is -1.23. The number of allylic oxidation sites excluding steroid dienone is 2. The number of hydrogen-bond acceptors (Lipinski definition) is 4. The van der Waals surface area contributed by atoms with E-state index >= 15 is 0 Å². The molecule has 3 N–H and O–H groups in total. The summed E-state index contributed by atoms with van der Waals surface area (Å²) < 4.78 is 14.5. The van der Waals surface area contributed by atoms with Gasteiger partial charge in [0.15, 0.2) is 0 Å². The predicted molar refractivity (Wildman–Crippen MR) is 75.2 cm³/mol. The molecule has 1 aromatic carbocycles. The molecule has 1 unspecified atom stereocenters. The van der Waals surface area contributed by atoms with E-state index < -0.39 is 16.7 Å². The van der Waals surface area contributed by atoms with Crippen molar-refractivity contribution in [1.29, 1.82) is 0 Å². The second-order valence-electron chi connectivity index (χ2n) is 3.70. The Bertz CT molecular complexity index is 570. The highest BCUT2D eigenvalue weighted by molar-refractivity contribution is 8.15. The predicted octanol–water partition coefficient (Wildman–Crippen LogP) is 2.27. The van der Waals surface area contributed by atoms with Gasteiger partial charge in [-0.2, -0.15) is 0 Å². The number of carbonyl (C=O) groups excluding carboxylic acids is 1. The fourth-order valence-electron chi connectivity index (χ4n) is 1.55. The van der Waals surface area contributed by atoms with Gasteiger partial charge < -0.3 is 15.0 Å². The Morgan fingerprint density at radius 3 is 2.50 bits per heavy atom. The maximum Gasteiger partial charge on any atom is 0.346 e. The van der Waals surface area contributed by atoms with E-state index in [0.717, 1.165) is 11.1 Å². The van der Waals surface area contributed by atoms with Gasteiger partial charge in [-0.05, 0) is 45.5 Å². The van der Waals surface area contributed by atoms with Crippen LogP contribution in [0.15, 0.2) is 41.8 Å². The molecular formula is C13H13NO3S. The van der Waals surface area contributed by atoms with Crippen LogP contribution in [0.1, 0.15) is 5.56 Å². The van der Waals surface area contributed by atoms with Crippen molar-refractivity contribution in [3.8, 4) is 0 Å². The Morgan fingerprint density at radius 2 is 1.94 bits per heavy atom. The fourth-order valence-corrected chi connectivity index (χ4v) is 2.60. The van der Waals surface area contributed by atoms with Gasteiger partial charge in [-0.3, -0.25) is 0 Å². The summed E-state index contributed by atoms with van der Waals surface area (Å²) in [4.78, 5) is 11.6. The second kappa shape index (κ2) is 5.20. The summed E-state index contributed by atoms with van der Waals surface area (Å²) in [6.07, 6.45) is 3.36. The highest BCUT2D eigenvalue weighted by Gasteiger charge is 2.14. The first kappa shape index (κ1) is 12.6. The van der Waals surface area contributed by atoms with Crippen molar-refractivity contribution in [3.05, 3.63) is 47.4 Å². The molecule has 5 heteroatoms. The van der Waals surface area contributed by atoms with Gasteiger partial charge in [-0.25, -0.2) is 4.79 Å². The average molecular weight is 263 g/mol. The Balaban J connectivity index is 2.35. The Hall–Kier alpha value is -1.85. The molecule has 0 aliphatic carbocycles. The smallest absolute Gasteiger partial charge is 0.346 e. The molecule has 1 aromatic rings. The first-order valence-electron chi connectivity index (χ1n) is 5.25. The lowest BCUT2D eigenvalue weighted by molar-refractivity contribution is -0.132. The van der Waals surface area contributed by atoms with Crippen molar-refractivity contribution in [1.82, 2.24) is 0 Å². The van der Waals surface area contributed by atoms with Crippen LogP contribution in [-0.4, -0.2) is 22.5 Å². The largest absolute Gasteiger partial charge is 0.465 e. The van der Waals surface area contributed by atoms with E-state index in [4.69, 9.17) is 5.73 Å². The van der Waals surface area contributed by atoms with E-state index in [9.17, 15) is 9.35 Å². The second-order valence-corrected chi connectivity index (χ2v) is 5.00. The van der Waals surface area contributed by atoms with Crippen LogP contribution in [-0.2, 0) is 9.53 Å². The minimum absolute atomic E-state index is 0.261. The number of nitrogen functional groups attached to an aromatic ring is 1. The number of rotatable bonds is 2. The zero-order valence-electron chi connectivity index (χ0n) is 9.79. The van der Waals surface area contributed by atoms with Gasteiger partial charge >= 0.3 is 5.97 Å². The van der Waals surface area contributed by atoms with Gasteiger partial charge in [0.2, 0.25) is 0 Å². The van der Waals surface area contributed by atoms with Crippen LogP contribution < -0.4 is 5.73 Å². The summed E-state index contributed by atoms with van der Waals surface area (Å²) in [5, 5.41) is 1.64. The summed E-state index contributed by atoms with van der Waals surface area (Å²) in [5.74, 6) is -0.510. The normalized spacial score (nSPS) is 18.4. The van der Waals surface area contributed by atoms with Crippen LogP contribution in [0.3, 0.4) is 0 Å². The van der Waals surface area contributed by atoms with E-state index in [1.54, 1.807) is 29.7 Å². The number of esters is 1. The van der Waals surface area contributed by atoms with Crippen molar-refractivity contribution in [3.63, 3.8) is 0 Å². The lowest BCUT2D eigenvalue weighted by Crippen LogP contribution is -2.14. The fraction of sp³-hybridized carbons (Fsp3) is 0.0769. The highest BCUT2D eigenvalue weighted by Crippen LogP contribution is 2.28. The molecule has 1 aliphatic heterocycles. The number of carbonyl (C=O) groups is 1. The Kier molecular flexibility index (Phi) is 3.64. The Morgan fingerprint density at radius 1 is 1.28 bits per heavy atom. The van der Waals surface area contributed by atoms with E-state index in [1.807, 2.05) is 12.1 Å². The van der Waals surface area contributed by atoms with Crippen LogP contribution in [0.5, 0.6) is 0 Å². The zero-order chi connectivity index (χ0) is 13.1. The minimum Gasteiger partial charge on any atom is -0.465 e. The van der Waals surface area contributed by atoms with Crippen molar-refractivity contribution >= 4 is 32.9 Å². The summed E-state index contributed by atoms with van der Waals surface area (Å²) in [5.41, 5.74) is 8.09. The molecule has 18 heavy (non-hydrogen) atoms. The summed E-state index contributed by atoms with van der Waals surface area (Å²) in [7, 11) is 0.0594. The molecule has 0 aromatic heterocycles. The molecule has 1 aliphatic rings. The first-order chi connectivity index (χ1) is 8.61. The number of ether oxygens (including phenoxy) is 1. The van der Waals surface area contributed by atoms with Crippen LogP contribution in [0.2, 0.25) is 0 Å². The van der Waals surface area contributed by atoms with Crippen molar-refractivity contribution in [2.75, 3.05) is 12.8 Å². The molecule has 94 valence electrons. The molecular weight excluding hydrogens is 250 g/mol. The molecule has 1 heterocycles. The van der Waals surface area contributed by atoms with Crippen molar-refractivity contribution < 1.29 is 14.1 Å². The molecule has 0 radical (unpaired) electrons. The van der Waals surface area contributed by atoms with Gasteiger partial charge in [0.1, 0.15) is 4.86 Å². The van der Waals surface area contributed by atoms with Gasteiger partial charge in [0.05, 0.1) is 7.11 Å². The molecule has 2 rings (SSSR count). The monoisotopic (exact) mass is 263 g/mol. The quantitative estimate of drug-likeness (QED) is 0.488.